The maximum Gasteiger partial charge on any atom is 0.119 e. The van der Waals surface area contributed by atoms with Gasteiger partial charge in [0.1, 0.15) is 30.0 Å². The van der Waals surface area contributed by atoms with Gasteiger partial charge in [0.15, 0.2) is 0 Å². The minimum Gasteiger partial charge on any atom is -0.497 e. The van der Waals surface area contributed by atoms with Crippen molar-refractivity contribution >= 4 is 0 Å². The number of hydrogen-bond donors (Lipinski definition) is 1. The predicted octanol–water partition coefficient (Wildman–Crippen LogP) is 2.59. The minimum absolute atomic E-state index is 0.216. The zero-order chi connectivity index (χ0) is 19.5. The topological polar surface area (TPSA) is 60.4 Å². The number of nitrogens with zero attached hydrogens (tertiary/aromatic N) is 1. The summed E-state index contributed by atoms with van der Waals surface area (Å²) in [6.07, 6.45) is -0.616. The van der Waals surface area contributed by atoms with Crippen LogP contribution in [0.15, 0.2) is 48.5 Å². The lowest BCUT2D eigenvalue weighted by atomic mass is 10.2. The lowest BCUT2D eigenvalue weighted by Gasteiger charge is -2.25. The maximum atomic E-state index is 10.4. The summed E-state index contributed by atoms with van der Waals surface area (Å²) in [5.41, 5.74) is 1.12. The van der Waals surface area contributed by atoms with E-state index in [1.807, 2.05) is 48.5 Å². The van der Waals surface area contributed by atoms with Crippen LogP contribution in [0.5, 0.6) is 17.2 Å². The van der Waals surface area contributed by atoms with E-state index in [-0.39, 0.29) is 6.61 Å². The first kappa shape index (κ1) is 21.0. The highest BCUT2D eigenvalue weighted by atomic mass is 16.5. The molecule has 0 saturated carbocycles. The molecule has 148 valence electrons. The molecule has 0 spiro atoms. The highest BCUT2D eigenvalue weighted by molar-refractivity contribution is 5.31. The molecule has 0 aliphatic carbocycles. The van der Waals surface area contributed by atoms with Crippen LogP contribution < -0.4 is 14.2 Å². The van der Waals surface area contributed by atoms with Crippen LogP contribution in [0, 0.1) is 0 Å². The maximum absolute atomic E-state index is 10.4. The largest absolute Gasteiger partial charge is 0.497 e. The van der Waals surface area contributed by atoms with Crippen molar-refractivity contribution < 1.29 is 24.1 Å². The van der Waals surface area contributed by atoms with E-state index in [0.29, 0.717) is 32.0 Å². The van der Waals surface area contributed by atoms with Gasteiger partial charge >= 0.3 is 0 Å². The number of hydrogen-bond acceptors (Lipinski definition) is 6. The molecule has 0 fully saturated rings. The van der Waals surface area contributed by atoms with Crippen LogP contribution in [0.4, 0.5) is 0 Å². The summed E-state index contributed by atoms with van der Waals surface area (Å²) in [6.45, 7) is 2.70. The Morgan fingerprint density at radius 3 is 2.30 bits per heavy atom. The van der Waals surface area contributed by atoms with E-state index >= 15 is 0 Å². The van der Waals surface area contributed by atoms with Crippen molar-refractivity contribution in [3.8, 4) is 17.2 Å². The Morgan fingerprint density at radius 1 is 0.926 bits per heavy atom. The third-order valence-electron chi connectivity index (χ3n) is 4.12. The molecule has 2 aromatic carbocycles. The fourth-order valence-electron chi connectivity index (χ4n) is 2.70. The molecule has 0 bridgehead atoms. The molecule has 2 rings (SSSR count). The minimum atomic E-state index is -0.616. The first-order valence-electron chi connectivity index (χ1n) is 8.93. The average molecular weight is 375 g/mol. The molecule has 0 aliphatic heterocycles. The van der Waals surface area contributed by atoms with Crippen LogP contribution in [-0.4, -0.2) is 63.7 Å². The average Bonchev–Trinajstić information content (AvgIpc) is 2.71. The van der Waals surface area contributed by atoms with Crippen LogP contribution in [0.1, 0.15) is 5.56 Å². The van der Waals surface area contributed by atoms with Crippen LogP contribution in [0.25, 0.3) is 0 Å². The molecular formula is C21H29NO5. The SMILES string of the molecule is COCCN(Cc1cccc(OC)c1)C[C@@H](O)COc1ccc(OC)cc1. The Morgan fingerprint density at radius 2 is 1.63 bits per heavy atom. The molecule has 0 aliphatic rings. The number of rotatable bonds is 12. The Kier molecular flexibility index (Phi) is 8.91. The molecular weight excluding hydrogens is 346 g/mol. The number of aliphatic hydroxyl groups excluding tert-OH is 1. The standard InChI is InChI=1S/C21H29NO5/c1-24-12-11-22(14-17-5-4-6-21(13-17)26-3)15-18(23)16-27-20-9-7-19(25-2)8-10-20/h4-10,13,18,23H,11-12,14-16H2,1-3H3/t18-/m1/s1. The Hall–Kier alpha value is -2.28. The summed E-state index contributed by atoms with van der Waals surface area (Å²) < 4.78 is 21.3. The van der Waals surface area contributed by atoms with E-state index in [9.17, 15) is 5.11 Å². The van der Waals surface area contributed by atoms with Crippen LogP contribution in [0.2, 0.25) is 0 Å². The molecule has 6 nitrogen and oxygen atoms in total. The lowest BCUT2D eigenvalue weighted by Crippen LogP contribution is -2.37. The fourth-order valence-corrected chi connectivity index (χ4v) is 2.70. The van der Waals surface area contributed by atoms with Crippen molar-refractivity contribution in [1.29, 1.82) is 0 Å². The molecule has 0 amide bonds. The van der Waals surface area contributed by atoms with Crippen LogP contribution in [0.3, 0.4) is 0 Å². The van der Waals surface area contributed by atoms with Gasteiger partial charge in [-0.15, -0.1) is 0 Å². The van der Waals surface area contributed by atoms with Crippen molar-refractivity contribution in [2.24, 2.45) is 0 Å². The molecule has 1 atom stereocenters. The van der Waals surface area contributed by atoms with Gasteiger partial charge in [-0.1, -0.05) is 12.1 Å². The van der Waals surface area contributed by atoms with E-state index in [0.717, 1.165) is 17.1 Å². The second kappa shape index (κ2) is 11.4. The molecule has 0 unspecified atom stereocenters. The van der Waals surface area contributed by atoms with Gasteiger partial charge in [-0.05, 0) is 42.0 Å². The lowest BCUT2D eigenvalue weighted by molar-refractivity contribution is 0.0542. The predicted molar refractivity (Wildman–Crippen MR) is 105 cm³/mol. The second-order valence-corrected chi connectivity index (χ2v) is 6.22. The number of benzene rings is 2. The van der Waals surface area contributed by atoms with Gasteiger partial charge in [-0.2, -0.15) is 0 Å². The summed E-state index contributed by atoms with van der Waals surface area (Å²) >= 11 is 0. The smallest absolute Gasteiger partial charge is 0.119 e. The van der Waals surface area contributed by atoms with Crippen LogP contribution >= 0.6 is 0 Å². The van der Waals surface area contributed by atoms with E-state index in [4.69, 9.17) is 18.9 Å². The van der Waals surface area contributed by atoms with E-state index in [2.05, 4.69) is 4.90 Å². The normalized spacial score (nSPS) is 12.0. The number of aliphatic hydroxyl groups is 1. The molecule has 0 heterocycles. The van der Waals surface area contributed by atoms with Gasteiger partial charge in [0.2, 0.25) is 0 Å². The molecule has 0 radical (unpaired) electrons. The summed E-state index contributed by atoms with van der Waals surface area (Å²) in [5.74, 6) is 2.29. The summed E-state index contributed by atoms with van der Waals surface area (Å²) in [5, 5.41) is 10.4. The van der Waals surface area contributed by atoms with Gasteiger partial charge in [0.25, 0.3) is 0 Å². The number of ether oxygens (including phenoxy) is 4. The molecule has 6 heteroatoms. The third-order valence-corrected chi connectivity index (χ3v) is 4.12. The second-order valence-electron chi connectivity index (χ2n) is 6.22. The third kappa shape index (κ3) is 7.46. The van der Waals surface area contributed by atoms with Crippen molar-refractivity contribution in [2.75, 3.05) is 47.6 Å². The first-order chi connectivity index (χ1) is 13.1. The summed E-state index contributed by atoms with van der Waals surface area (Å²) in [4.78, 5) is 2.14. The fraction of sp³-hybridized carbons (Fsp3) is 0.429. The summed E-state index contributed by atoms with van der Waals surface area (Å²) in [6, 6.07) is 15.2. The molecule has 1 N–H and O–H groups in total. The van der Waals surface area contributed by atoms with Crippen molar-refractivity contribution in [3.05, 3.63) is 54.1 Å². The zero-order valence-electron chi connectivity index (χ0n) is 16.3. The van der Waals surface area contributed by atoms with Crippen LogP contribution in [-0.2, 0) is 11.3 Å². The van der Waals surface area contributed by atoms with E-state index in [1.54, 1.807) is 21.3 Å². The van der Waals surface area contributed by atoms with Gasteiger partial charge in [-0.3, -0.25) is 4.90 Å². The molecule has 0 saturated heterocycles. The zero-order valence-corrected chi connectivity index (χ0v) is 16.3. The highest BCUT2D eigenvalue weighted by Crippen LogP contribution is 2.18. The Balaban J connectivity index is 1.88. The van der Waals surface area contributed by atoms with Crippen molar-refractivity contribution in [3.63, 3.8) is 0 Å². The first-order valence-corrected chi connectivity index (χ1v) is 8.93. The Labute approximate surface area is 161 Å². The molecule has 0 aromatic heterocycles. The van der Waals surface area contributed by atoms with Crippen molar-refractivity contribution in [2.45, 2.75) is 12.6 Å². The van der Waals surface area contributed by atoms with Gasteiger partial charge < -0.3 is 24.1 Å². The van der Waals surface area contributed by atoms with Crippen molar-refractivity contribution in [1.82, 2.24) is 4.90 Å². The Bertz CT molecular complexity index is 662. The van der Waals surface area contributed by atoms with Gasteiger partial charge in [0.05, 0.1) is 20.8 Å². The number of methoxy groups -OCH3 is 3. The quantitative estimate of drug-likeness (QED) is 0.615. The van der Waals surface area contributed by atoms with E-state index < -0.39 is 6.10 Å². The van der Waals surface area contributed by atoms with Gasteiger partial charge in [-0.25, -0.2) is 0 Å². The van der Waals surface area contributed by atoms with Gasteiger partial charge in [0, 0.05) is 26.7 Å². The summed E-state index contributed by atoms with van der Waals surface area (Å²) in [7, 11) is 4.95. The molecule has 27 heavy (non-hydrogen) atoms. The monoisotopic (exact) mass is 375 g/mol. The highest BCUT2D eigenvalue weighted by Gasteiger charge is 2.14. The molecule has 2 aromatic rings. The van der Waals surface area contributed by atoms with E-state index in [1.165, 1.54) is 0 Å².